The minimum atomic E-state index is -0.425. The zero-order valence-electron chi connectivity index (χ0n) is 15.6. The van der Waals surface area contributed by atoms with E-state index in [9.17, 15) is 4.79 Å². The Balaban J connectivity index is 0.00000211. The standard InChI is InChI=1S/C15H31N3O2.C2H6/c1-6-10(2)18(9-17-5)15(19)14(16)13-7-11(3)20-12(4)8-13;1-2/h10-14,17H,6-9,16H2,1-5H3;1-2H3. The number of rotatable bonds is 6. The third kappa shape index (κ3) is 6.23. The molecule has 4 unspecified atom stereocenters. The molecule has 1 saturated heterocycles. The average molecular weight is 316 g/mol. The number of hydrogen-bond donors (Lipinski definition) is 2. The molecule has 5 heteroatoms. The van der Waals surface area contributed by atoms with Crippen molar-refractivity contribution in [1.82, 2.24) is 10.2 Å². The highest BCUT2D eigenvalue weighted by Gasteiger charge is 2.35. The van der Waals surface area contributed by atoms with Gasteiger partial charge in [-0.2, -0.15) is 0 Å². The number of nitrogens with zero attached hydrogens (tertiary/aromatic N) is 1. The van der Waals surface area contributed by atoms with E-state index in [1.807, 2.05) is 25.8 Å². The van der Waals surface area contributed by atoms with Crippen molar-refractivity contribution in [2.75, 3.05) is 13.7 Å². The minimum Gasteiger partial charge on any atom is -0.376 e. The zero-order valence-corrected chi connectivity index (χ0v) is 15.6. The summed E-state index contributed by atoms with van der Waals surface area (Å²) in [5.41, 5.74) is 6.27. The third-order valence-corrected chi connectivity index (χ3v) is 4.26. The van der Waals surface area contributed by atoms with Crippen LogP contribution in [-0.2, 0) is 9.53 Å². The van der Waals surface area contributed by atoms with Gasteiger partial charge >= 0.3 is 0 Å². The largest absolute Gasteiger partial charge is 0.376 e. The molecule has 1 aliphatic heterocycles. The Kier molecular flexibility index (Phi) is 10.6. The molecule has 0 aromatic heterocycles. The highest BCUT2D eigenvalue weighted by atomic mass is 16.5. The maximum Gasteiger partial charge on any atom is 0.241 e. The lowest BCUT2D eigenvalue weighted by atomic mass is 9.86. The summed E-state index contributed by atoms with van der Waals surface area (Å²) in [4.78, 5) is 14.5. The molecule has 1 amide bonds. The maximum atomic E-state index is 12.7. The molecule has 0 spiro atoms. The highest BCUT2D eigenvalue weighted by molar-refractivity contribution is 5.82. The van der Waals surface area contributed by atoms with Crippen molar-refractivity contribution in [2.24, 2.45) is 11.7 Å². The van der Waals surface area contributed by atoms with E-state index in [-0.39, 0.29) is 30.1 Å². The summed E-state index contributed by atoms with van der Waals surface area (Å²) in [5.74, 6) is 0.268. The molecule has 4 atom stereocenters. The second-order valence-corrected chi connectivity index (χ2v) is 6.09. The molecule has 1 heterocycles. The number of nitrogens with two attached hydrogens (primary N) is 1. The molecule has 132 valence electrons. The predicted molar refractivity (Wildman–Crippen MR) is 92.6 cm³/mol. The lowest BCUT2D eigenvalue weighted by Crippen LogP contribution is -2.54. The number of carbonyl (C=O) groups excluding carboxylic acids is 1. The third-order valence-electron chi connectivity index (χ3n) is 4.26. The molecule has 0 aromatic carbocycles. The van der Waals surface area contributed by atoms with E-state index in [0.29, 0.717) is 6.67 Å². The van der Waals surface area contributed by atoms with Crippen LogP contribution in [0.3, 0.4) is 0 Å². The summed E-state index contributed by atoms with van der Waals surface area (Å²) in [7, 11) is 1.85. The van der Waals surface area contributed by atoms with Gasteiger partial charge < -0.3 is 20.7 Å². The smallest absolute Gasteiger partial charge is 0.241 e. The van der Waals surface area contributed by atoms with Crippen LogP contribution in [0.1, 0.15) is 60.8 Å². The lowest BCUT2D eigenvalue weighted by molar-refractivity contribution is -0.138. The summed E-state index contributed by atoms with van der Waals surface area (Å²) < 4.78 is 5.73. The van der Waals surface area contributed by atoms with Crippen molar-refractivity contribution >= 4 is 5.91 Å². The monoisotopic (exact) mass is 315 g/mol. The molecule has 0 saturated carbocycles. The molecule has 1 aliphatic rings. The van der Waals surface area contributed by atoms with Gasteiger partial charge in [-0.3, -0.25) is 4.79 Å². The van der Waals surface area contributed by atoms with E-state index in [1.165, 1.54) is 0 Å². The van der Waals surface area contributed by atoms with Crippen LogP contribution in [0, 0.1) is 5.92 Å². The van der Waals surface area contributed by atoms with Crippen LogP contribution in [0.25, 0.3) is 0 Å². The van der Waals surface area contributed by atoms with Crippen LogP contribution < -0.4 is 11.1 Å². The van der Waals surface area contributed by atoms with Gasteiger partial charge in [-0.25, -0.2) is 0 Å². The molecule has 0 aliphatic carbocycles. The topological polar surface area (TPSA) is 67.6 Å². The summed E-state index contributed by atoms with van der Waals surface area (Å²) in [6.07, 6.45) is 3.03. The fraction of sp³-hybridized carbons (Fsp3) is 0.941. The highest BCUT2D eigenvalue weighted by Crippen LogP contribution is 2.27. The summed E-state index contributed by atoms with van der Waals surface area (Å²) in [6, 6.07) is -0.221. The normalized spacial score (nSPS) is 27.4. The lowest BCUT2D eigenvalue weighted by Gasteiger charge is -2.38. The summed E-state index contributed by atoms with van der Waals surface area (Å²) in [6.45, 7) is 12.8. The summed E-state index contributed by atoms with van der Waals surface area (Å²) in [5, 5.41) is 3.06. The Morgan fingerprint density at radius 3 is 2.23 bits per heavy atom. The Morgan fingerprint density at radius 1 is 1.32 bits per heavy atom. The molecule has 0 bridgehead atoms. The second-order valence-electron chi connectivity index (χ2n) is 6.09. The fourth-order valence-electron chi connectivity index (χ4n) is 2.98. The van der Waals surface area contributed by atoms with Crippen molar-refractivity contribution in [3.63, 3.8) is 0 Å². The average Bonchev–Trinajstić information content (AvgIpc) is 2.51. The van der Waals surface area contributed by atoms with Gasteiger partial charge in [0.25, 0.3) is 0 Å². The Morgan fingerprint density at radius 2 is 1.82 bits per heavy atom. The number of carbonyl (C=O) groups is 1. The maximum absolute atomic E-state index is 12.7. The van der Waals surface area contributed by atoms with Gasteiger partial charge in [0.1, 0.15) is 0 Å². The molecular weight excluding hydrogens is 278 g/mol. The van der Waals surface area contributed by atoms with Crippen molar-refractivity contribution in [3.8, 4) is 0 Å². The molecular formula is C17H37N3O2. The first-order chi connectivity index (χ1) is 10.4. The Bertz CT molecular complexity index is 302. The second kappa shape index (κ2) is 11.0. The number of nitrogens with one attached hydrogen (secondary N) is 1. The van der Waals surface area contributed by atoms with Crippen molar-refractivity contribution < 1.29 is 9.53 Å². The fourth-order valence-corrected chi connectivity index (χ4v) is 2.98. The van der Waals surface area contributed by atoms with Gasteiger partial charge in [-0.1, -0.05) is 20.8 Å². The first-order valence-corrected chi connectivity index (χ1v) is 8.76. The van der Waals surface area contributed by atoms with Crippen molar-refractivity contribution in [3.05, 3.63) is 0 Å². The van der Waals surface area contributed by atoms with Gasteiger partial charge in [0.05, 0.1) is 24.9 Å². The first-order valence-electron chi connectivity index (χ1n) is 8.76. The van der Waals surface area contributed by atoms with Gasteiger partial charge in [0, 0.05) is 6.04 Å². The van der Waals surface area contributed by atoms with E-state index in [4.69, 9.17) is 10.5 Å². The van der Waals surface area contributed by atoms with Crippen LogP contribution in [0.2, 0.25) is 0 Å². The molecule has 0 aromatic rings. The summed E-state index contributed by atoms with van der Waals surface area (Å²) >= 11 is 0. The van der Waals surface area contributed by atoms with Crippen LogP contribution in [-0.4, -0.2) is 48.8 Å². The molecule has 3 N–H and O–H groups in total. The molecule has 1 rings (SSSR count). The molecule has 5 nitrogen and oxygen atoms in total. The molecule has 0 radical (unpaired) electrons. The Labute approximate surface area is 137 Å². The number of hydrogen-bond acceptors (Lipinski definition) is 4. The minimum absolute atomic E-state index is 0.0556. The van der Waals surface area contributed by atoms with Gasteiger partial charge in [-0.15, -0.1) is 0 Å². The van der Waals surface area contributed by atoms with Crippen LogP contribution in [0.5, 0.6) is 0 Å². The zero-order chi connectivity index (χ0) is 17.3. The SMILES string of the molecule is CC.CCC(C)N(CNC)C(=O)C(N)C1CC(C)OC(C)C1. The molecule has 22 heavy (non-hydrogen) atoms. The molecule has 1 fully saturated rings. The van der Waals surface area contributed by atoms with E-state index < -0.39 is 6.04 Å². The van der Waals surface area contributed by atoms with Gasteiger partial charge in [0.15, 0.2) is 0 Å². The van der Waals surface area contributed by atoms with Gasteiger partial charge in [0.2, 0.25) is 5.91 Å². The number of ether oxygens (including phenoxy) is 1. The van der Waals surface area contributed by atoms with E-state index in [2.05, 4.69) is 33.0 Å². The predicted octanol–water partition coefficient (Wildman–Crippen LogP) is 2.35. The van der Waals surface area contributed by atoms with Crippen molar-refractivity contribution in [1.29, 1.82) is 0 Å². The van der Waals surface area contributed by atoms with Crippen molar-refractivity contribution in [2.45, 2.75) is 85.1 Å². The number of amides is 1. The van der Waals surface area contributed by atoms with E-state index >= 15 is 0 Å². The van der Waals surface area contributed by atoms with E-state index in [0.717, 1.165) is 19.3 Å². The Hall–Kier alpha value is -0.650. The van der Waals surface area contributed by atoms with Crippen LogP contribution in [0.4, 0.5) is 0 Å². The van der Waals surface area contributed by atoms with Crippen LogP contribution >= 0.6 is 0 Å². The first kappa shape index (κ1) is 21.4. The quantitative estimate of drug-likeness (QED) is 0.738. The van der Waals surface area contributed by atoms with E-state index in [1.54, 1.807) is 0 Å². The van der Waals surface area contributed by atoms with Crippen LogP contribution in [0.15, 0.2) is 0 Å². The van der Waals surface area contributed by atoms with Gasteiger partial charge in [-0.05, 0) is 53.0 Å².